The molecule has 4 heteroatoms. The van der Waals surface area contributed by atoms with Crippen LogP contribution in [0.15, 0.2) is 0 Å². The highest BCUT2D eigenvalue weighted by molar-refractivity contribution is 9.10. The quantitative estimate of drug-likeness (QED) is 0.559. The number of hydrogen-bond donors (Lipinski definition) is 1. The summed E-state index contributed by atoms with van der Waals surface area (Å²) in [5.41, 5.74) is 0. The Balaban J connectivity index is 3.32. The van der Waals surface area contributed by atoms with Gasteiger partial charge in [0.2, 0.25) is 8.03 Å². The standard InChI is InChI=1S/C4H10BrO2P/c1-2-3-4(5)8(6)7/h4,8H,2-3H2,1H3,(H,6,7). The average molecular weight is 201 g/mol. The minimum atomic E-state index is -2.31. The largest absolute Gasteiger partial charge is 0.346 e. The van der Waals surface area contributed by atoms with Gasteiger partial charge < -0.3 is 4.89 Å². The Morgan fingerprint density at radius 3 is 2.50 bits per heavy atom. The van der Waals surface area contributed by atoms with E-state index in [-0.39, 0.29) is 4.57 Å². The zero-order chi connectivity index (χ0) is 6.57. The highest BCUT2D eigenvalue weighted by Gasteiger charge is 2.06. The molecular formula is C4H10BrO2P. The fourth-order valence-corrected chi connectivity index (χ4v) is 1.37. The van der Waals surface area contributed by atoms with Crippen LogP contribution in [-0.4, -0.2) is 9.46 Å². The van der Waals surface area contributed by atoms with E-state index in [2.05, 4.69) is 15.9 Å². The topological polar surface area (TPSA) is 37.3 Å². The molecule has 0 saturated heterocycles. The smallest absolute Gasteiger partial charge is 0.202 e. The molecule has 2 nitrogen and oxygen atoms in total. The monoisotopic (exact) mass is 200 g/mol. The fraction of sp³-hybridized carbons (Fsp3) is 1.00. The molecule has 0 aromatic carbocycles. The molecule has 0 aromatic rings. The number of rotatable bonds is 3. The van der Waals surface area contributed by atoms with Gasteiger partial charge >= 0.3 is 0 Å². The highest BCUT2D eigenvalue weighted by atomic mass is 79.9. The summed E-state index contributed by atoms with van der Waals surface area (Å²) in [5, 5.41) is 0. The van der Waals surface area contributed by atoms with Gasteiger partial charge in [0.05, 0.1) is 4.57 Å². The third-order valence-corrected chi connectivity index (χ3v) is 3.27. The van der Waals surface area contributed by atoms with Crippen LogP contribution >= 0.6 is 24.0 Å². The zero-order valence-electron chi connectivity index (χ0n) is 4.72. The summed E-state index contributed by atoms with van der Waals surface area (Å²) >= 11 is 3.09. The zero-order valence-corrected chi connectivity index (χ0v) is 7.31. The van der Waals surface area contributed by atoms with E-state index in [0.29, 0.717) is 0 Å². The molecular weight excluding hydrogens is 191 g/mol. The van der Waals surface area contributed by atoms with Crippen molar-refractivity contribution in [2.75, 3.05) is 0 Å². The Labute approximate surface area is 58.3 Å². The van der Waals surface area contributed by atoms with Crippen molar-refractivity contribution < 1.29 is 9.46 Å². The summed E-state index contributed by atoms with van der Waals surface area (Å²) < 4.78 is 10.1. The van der Waals surface area contributed by atoms with Gasteiger partial charge in [0.25, 0.3) is 0 Å². The van der Waals surface area contributed by atoms with E-state index in [1.807, 2.05) is 6.92 Å². The predicted molar refractivity (Wildman–Crippen MR) is 38.8 cm³/mol. The van der Waals surface area contributed by atoms with Gasteiger partial charge in [0, 0.05) is 0 Å². The minimum Gasteiger partial charge on any atom is -0.346 e. The first-order chi connectivity index (χ1) is 3.68. The van der Waals surface area contributed by atoms with Gasteiger partial charge in [0.1, 0.15) is 0 Å². The van der Waals surface area contributed by atoms with E-state index in [0.717, 1.165) is 12.8 Å². The molecule has 0 aliphatic heterocycles. The first kappa shape index (κ1) is 8.67. The van der Waals surface area contributed by atoms with Crippen LogP contribution in [-0.2, 0) is 4.57 Å². The van der Waals surface area contributed by atoms with E-state index in [1.54, 1.807) is 0 Å². The van der Waals surface area contributed by atoms with Gasteiger partial charge in [-0.25, -0.2) is 0 Å². The Kier molecular flexibility index (Phi) is 4.92. The minimum absolute atomic E-state index is 0.169. The number of hydrogen-bond acceptors (Lipinski definition) is 1. The SMILES string of the molecule is CCCC(Br)[PH](=O)O. The van der Waals surface area contributed by atoms with Crippen LogP contribution in [0.1, 0.15) is 19.8 Å². The van der Waals surface area contributed by atoms with Gasteiger partial charge in [-0.2, -0.15) is 0 Å². The van der Waals surface area contributed by atoms with E-state index < -0.39 is 8.03 Å². The van der Waals surface area contributed by atoms with Crippen LogP contribution in [0.3, 0.4) is 0 Å². The van der Waals surface area contributed by atoms with Crippen molar-refractivity contribution in [1.29, 1.82) is 0 Å². The highest BCUT2D eigenvalue weighted by Crippen LogP contribution is 2.30. The second kappa shape index (κ2) is 4.54. The van der Waals surface area contributed by atoms with Crippen molar-refractivity contribution in [3.05, 3.63) is 0 Å². The molecule has 0 saturated carbocycles. The normalized spacial score (nSPS) is 17.9. The molecule has 0 rings (SSSR count). The summed E-state index contributed by atoms with van der Waals surface area (Å²) in [4.78, 5) is 8.45. The van der Waals surface area contributed by atoms with Gasteiger partial charge in [-0.3, -0.25) is 4.57 Å². The third-order valence-electron chi connectivity index (χ3n) is 0.810. The summed E-state index contributed by atoms with van der Waals surface area (Å²) in [7, 11) is -2.31. The first-order valence-corrected chi connectivity index (χ1v) is 4.90. The molecule has 0 heterocycles. The van der Waals surface area contributed by atoms with Gasteiger partial charge in [-0.15, -0.1) is 0 Å². The van der Waals surface area contributed by atoms with Crippen LogP contribution in [0.25, 0.3) is 0 Å². The molecule has 50 valence electrons. The first-order valence-electron chi connectivity index (χ1n) is 2.55. The van der Waals surface area contributed by atoms with E-state index in [1.165, 1.54) is 0 Å². The van der Waals surface area contributed by atoms with Crippen LogP contribution in [0.5, 0.6) is 0 Å². The molecule has 0 aliphatic rings. The molecule has 0 amide bonds. The second-order valence-corrected chi connectivity index (χ2v) is 4.92. The second-order valence-electron chi connectivity index (χ2n) is 1.59. The molecule has 0 spiro atoms. The van der Waals surface area contributed by atoms with Crippen molar-refractivity contribution in [2.45, 2.75) is 24.3 Å². The van der Waals surface area contributed by atoms with Crippen LogP contribution in [0.4, 0.5) is 0 Å². The lowest BCUT2D eigenvalue weighted by Crippen LogP contribution is -1.87. The van der Waals surface area contributed by atoms with Crippen molar-refractivity contribution in [3.63, 3.8) is 0 Å². The van der Waals surface area contributed by atoms with E-state index >= 15 is 0 Å². The van der Waals surface area contributed by atoms with Crippen LogP contribution in [0, 0.1) is 0 Å². The van der Waals surface area contributed by atoms with Crippen molar-refractivity contribution >= 4 is 24.0 Å². The summed E-state index contributed by atoms with van der Waals surface area (Å²) in [6, 6.07) is 0. The summed E-state index contributed by atoms with van der Waals surface area (Å²) in [6.07, 6.45) is 1.74. The van der Waals surface area contributed by atoms with Gasteiger partial charge in [-0.05, 0) is 6.42 Å². The number of halogens is 1. The molecule has 1 N–H and O–H groups in total. The molecule has 2 unspecified atom stereocenters. The lowest BCUT2D eigenvalue weighted by Gasteiger charge is -1.99. The summed E-state index contributed by atoms with van der Waals surface area (Å²) in [6.45, 7) is 1.99. The Bertz CT molecular complexity index is 86.1. The molecule has 0 fully saturated rings. The van der Waals surface area contributed by atoms with Crippen molar-refractivity contribution in [3.8, 4) is 0 Å². The Morgan fingerprint density at radius 2 is 2.38 bits per heavy atom. The van der Waals surface area contributed by atoms with E-state index in [4.69, 9.17) is 4.89 Å². The Hall–Kier alpha value is 0.670. The molecule has 0 aliphatic carbocycles. The third kappa shape index (κ3) is 3.65. The number of alkyl halides is 1. The van der Waals surface area contributed by atoms with Crippen LogP contribution in [0.2, 0.25) is 0 Å². The maximum absolute atomic E-state index is 10.2. The fourth-order valence-electron chi connectivity index (χ4n) is 0.377. The lowest BCUT2D eigenvalue weighted by atomic mass is 10.4. The maximum atomic E-state index is 10.2. The predicted octanol–water partition coefficient (Wildman–Crippen LogP) is 1.97. The van der Waals surface area contributed by atoms with Crippen molar-refractivity contribution in [2.24, 2.45) is 0 Å². The lowest BCUT2D eigenvalue weighted by molar-refractivity contribution is 0.498. The Morgan fingerprint density at radius 1 is 1.88 bits per heavy atom. The molecule has 2 atom stereocenters. The molecule has 0 aromatic heterocycles. The van der Waals surface area contributed by atoms with Gasteiger partial charge in [-0.1, -0.05) is 29.3 Å². The molecule has 8 heavy (non-hydrogen) atoms. The van der Waals surface area contributed by atoms with Gasteiger partial charge in [0.15, 0.2) is 0 Å². The van der Waals surface area contributed by atoms with Crippen molar-refractivity contribution in [1.82, 2.24) is 0 Å². The van der Waals surface area contributed by atoms with E-state index in [9.17, 15) is 4.57 Å². The average Bonchev–Trinajstić information content (AvgIpc) is 1.67. The molecule has 0 bridgehead atoms. The molecule has 0 radical (unpaired) electrons. The maximum Gasteiger partial charge on any atom is 0.202 e. The summed E-state index contributed by atoms with van der Waals surface area (Å²) in [5.74, 6) is 0. The van der Waals surface area contributed by atoms with Crippen LogP contribution < -0.4 is 0 Å².